The first kappa shape index (κ1) is 53.5. The zero-order chi connectivity index (χ0) is 61.8. The van der Waals surface area contributed by atoms with Gasteiger partial charge in [-0.05, 0) is 173 Å². The van der Waals surface area contributed by atoms with Crippen molar-refractivity contribution in [2.45, 2.75) is 0 Å². The van der Waals surface area contributed by atoms with Crippen LogP contribution in [0.4, 0.5) is 0 Å². The summed E-state index contributed by atoms with van der Waals surface area (Å²) in [7, 11) is 0. The van der Waals surface area contributed by atoms with Crippen molar-refractivity contribution in [3.8, 4) is 66.8 Å². The number of benzene rings is 18. The lowest BCUT2D eigenvalue weighted by atomic mass is 9.85. The topological polar surface area (TPSA) is 26.3 Å². The van der Waals surface area contributed by atoms with Gasteiger partial charge >= 0.3 is 0 Å². The van der Waals surface area contributed by atoms with E-state index in [4.69, 9.17) is 8.83 Å². The molecule has 0 aliphatic rings. The van der Waals surface area contributed by atoms with Gasteiger partial charge in [-0.15, -0.1) is 0 Å². The SMILES string of the molecule is c1cc(-c2ccc3ccccc3c2)cc(-c2c3ccccc3c(-c3cccc4c3oc3cc5ccccc5cc34)c3ccccc23)c1.c1ccc2cc(-c3ccc(-c4c5ccccc5c(-c5cccc6c5oc5cc7ccccc7cc56)c5ccccc45)cc3)ccc2c1. The van der Waals surface area contributed by atoms with Gasteiger partial charge in [0.1, 0.15) is 22.3 Å². The lowest BCUT2D eigenvalue weighted by Crippen LogP contribution is -1.91. The Morgan fingerprint density at radius 1 is 0.149 bits per heavy atom. The van der Waals surface area contributed by atoms with Crippen LogP contribution >= 0.6 is 0 Å². The van der Waals surface area contributed by atoms with Gasteiger partial charge in [-0.25, -0.2) is 0 Å². The Kier molecular flexibility index (Phi) is 12.3. The lowest BCUT2D eigenvalue weighted by Gasteiger charge is -2.18. The van der Waals surface area contributed by atoms with Crippen molar-refractivity contribution in [3.05, 3.63) is 340 Å². The number of fused-ring (bicyclic) bond motifs is 14. The van der Waals surface area contributed by atoms with Crippen LogP contribution in [0.2, 0.25) is 0 Å². The predicted molar refractivity (Wildman–Crippen MR) is 400 cm³/mol. The highest BCUT2D eigenvalue weighted by atomic mass is 16.3. The van der Waals surface area contributed by atoms with Gasteiger partial charge in [0.25, 0.3) is 0 Å². The Morgan fingerprint density at radius 3 is 0.862 bits per heavy atom. The number of hydrogen-bond acceptors (Lipinski definition) is 2. The minimum Gasteiger partial charge on any atom is -0.455 e. The van der Waals surface area contributed by atoms with Crippen molar-refractivity contribution >= 4 is 130 Å². The van der Waals surface area contributed by atoms with E-state index in [1.165, 1.54) is 142 Å². The van der Waals surface area contributed by atoms with Gasteiger partial charge in [-0.1, -0.05) is 297 Å². The summed E-state index contributed by atoms with van der Waals surface area (Å²) in [6.07, 6.45) is 0. The van der Waals surface area contributed by atoms with Crippen molar-refractivity contribution in [2.24, 2.45) is 0 Å². The average Bonchev–Trinajstić information content (AvgIpc) is 1.10. The summed E-state index contributed by atoms with van der Waals surface area (Å²) in [5.74, 6) is 0. The summed E-state index contributed by atoms with van der Waals surface area (Å²) < 4.78 is 13.5. The molecule has 94 heavy (non-hydrogen) atoms. The Hall–Kier alpha value is -12.4. The molecule has 0 saturated carbocycles. The van der Waals surface area contributed by atoms with Gasteiger partial charge in [-0.3, -0.25) is 0 Å². The van der Waals surface area contributed by atoms with Crippen LogP contribution in [0.5, 0.6) is 0 Å². The fourth-order valence-corrected chi connectivity index (χ4v) is 15.2. The molecule has 0 fully saturated rings. The van der Waals surface area contributed by atoms with E-state index in [0.717, 1.165) is 55.0 Å². The second kappa shape index (κ2) is 21.7. The van der Waals surface area contributed by atoms with Crippen LogP contribution in [0.3, 0.4) is 0 Å². The molecule has 0 N–H and O–H groups in total. The Morgan fingerprint density at radius 2 is 0.436 bits per heavy atom. The highest BCUT2D eigenvalue weighted by molar-refractivity contribution is 6.27. The summed E-state index contributed by atoms with van der Waals surface area (Å²) in [5, 5.41) is 24.2. The maximum absolute atomic E-state index is 6.75. The van der Waals surface area contributed by atoms with Crippen LogP contribution in [0.25, 0.3) is 197 Å². The van der Waals surface area contributed by atoms with Gasteiger partial charge in [0.05, 0.1) is 0 Å². The molecule has 18 aromatic carbocycles. The largest absolute Gasteiger partial charge is 0.455 e. The maximum Gasteiger partial charge on any atom is 0.143 e. The van der Waals surface area contributed by atoms with Crippen LogP contribution in [0.15, 0.2) is 349 Å². The zero-order valence-electron chi connectivity index (χ0n) is 51.1. The molecule has 2 heterocycles. The lowest BCUT2D eigenvalue weighted by molar-refractivity contribution is 0.670. The fraction of sp³-hybridized carbons (Fsp3) is 0. The van der Waals surface area contributed by atoms with Crippen LogP contribution in [-0.4, -0.2) is 0 Å². The van der Waals surface area contributed by atoms with E-state index in [2.05, 4.69) is 340 Å². The molecule has 0 aliphatic carbocycles. The zero-order valence-corrected chi connectivity index (χ0v) is 51.1. The van der Waals surface area contributed by atoms with E-state index in [-0.39, 0.29) is 0 Å². The Labute approximate surface area is 542 Å². The summed E-state index contributed by atoms with van der Waals surface area (Å²) >= 11 is 0. The minimum absolute atomic E-state index is 0.918. The molecule has 2 aromatic heterocycles. The van der Waals surface area contributed by atoms with E-state index in [9.17, 15) is 0 Å². The van der Waals surface area contributed by atoms with E-state index in [0.29, 0.717) is 0 Å². The molecule has 0 amide bonds. The smallest absolute Gasteiger partial charge is 0.143 e. The van der Waals surface area contributed by atoms with Gasteiger partial charge in [0, 0.05) is 43.8 Å². The van der Waals surface area contributed by atoms with E-state index in [1.807, 2.05) is 0 Å². The Bertz CT molecular complexity index is 6360. The molecule has 20 rings (SSSR count). The number of rotatable bonds is 6. The molecular weight excluding hydrogens is 1140 g/mol. The summed E-state index contributed by atoms with van der Waals surface area (Å²) in [6, 6.07) is 123. The summed E-state index contributed by atoms with van der Waals surface area (Å²) in [4.78, 5) is 0. The maximum atomic E-state index is 6.75. The molecule has 20 aromatic rings. The first-order chi connectivity index (χ1) is 46.6. The third-order valence-electron chi connectivity index (χ3n) is 19.6. The molecule has 2 nitrogen and oxygen atoms in total. The van der Waals surface area contributed by atoms with Crippen molar-refractivity contribution < 1.29 is 8.83 Å². The van der Waals surface area contributed by atoms with Crippen LogP contribution < -0.4 is 0 Å². The van der Waals surface area contributed by atoms with E-state index < -0.39 is 0 Å². The van der Waals surface area contributed by atoms with E-state index >= 15 is 0 Å². The summed E-state index contributed by atoms with van der Waals surface area (Å²) in [5.41, 5.74) is 18.2. The van der Waals surface area contributed by atoms with Crippen molar-refractivity contribution in [1.29, 1.82) is 0 Å². The average molecular weight is 1190 g/mol. The first-order valence-electron chi connectivity index (χ1n) is 32.4. The quantitative estimate of drug-likeness (QED) is 0.155. The van der Waals surface area contributed by atoms with Crippen molar-refractivity contribution in [2.75, 3.05) is 0 Å². The number of hydrogen-bond donors (Lipinski definition) is 0. The molecule has 0 aliphatic heterocycles. The second-order valence-corrected chi connectivity index (χ2v) is 24.9. The highest BCUT2D eigenvalue weighted by Crippen LogP contribution is 2.50. The van der Waals surface area contributed by atoms with Crippen LogP contribution in [-0.2, 0) is 0 Å². The highest BCUT2D eigenvalue weighted by Gasteiger charge is 2.23. The molecule has 0 spiro atoms. The third-order valence-corrected chi connectivity index (χ3v) is 19.6. The number of para-hydroxylation sites is 2. The molecular formula is C92H56O2. The van der Waals surface area contributed by atoms with Gasteiger partial charge < -0.3 is 8.83 Å². The van der Waals surface area contributed by atoms with E-state index in [1.54, 1.807) is 0 Å². The third kappa shape index (κ3) is 8.72. The molecule has 436 valence electrons. The van der Waals surface area contributed by atoms with Crippen LogP contribution in [0.1, 0.15) is 0 Å². The standard InChI is InChI=1S/2C46H28O/c1-2-12-30-25-34(24-23-29(30)11-1)31-15-9-16-35(26-31)44-36-17-5-7-19-38(36)45(39-20-8-6-18-37(39)44)41-22-10-21-40-42-27-32-13-3-4-14-33(32)28-43(42)47-46(40)41;1-2-11-32-26-35(25-22-29(32)10-1)30-20-23-31(24-21-30)44-36-14-5-7-16-38(36)45(39-17-8-6-15-37(39)44)41-19-9-18-40-42-27-33-12-3-4-13-34(33)28-43(42)47-46(40)41/h2*1-28H. The van der Waals surface area contributed by atoms with Gasteiger partial charge in [-0.2, -0.15) is 0 Å². The van der Waals surface area contributed by atoms with Gasteiger partial charge in [0.2, 0.25) is 0 Å². The minimum atomic E-state index is 0.918. The molecule has 2 heteroatoms. The molecule has 0 bridgehead atoms. The second-order valence-electron chi connectivity index (χ2n) is 24.9. The Balaban J connectivity index is 0.000000133. The molecule has 0 saturated heterocycles. The van der Waals surface area contributed by atoms with Gasteiger partial charge in [0.15, 0.2) is 0 Å². The molecule has 0 unspecified atom stereocenters. The first-order valence-corrected chi connectivity index (χ1v) is 32.4. The molecule has 0 atom stereocenters. The van der Waals surface area contributed by atoms with Crippen molar-refractivity contribution in [1.82, 2.24) is 0 Å². The monoisotopic (exact) mass is 1190 g/mol. The van der Waals surface area contributed by atoms with Crippen LogP contribution in [0, 0.1) is 0 Å². The fourth-order valence-electron chi connectivity index (χ4n) is 15.2. The summed E-state index contributed by atoms with van der Waals surface area (Å²) in [6.45, 7) is 0. The predicted octanol–water partition coefficient (Wildman–Crippen LogP) is 26.4. The number of furan rings is 2. The molecule has 0 radical (unpaired) electrons. The van der Waals surface area contributed by atoms with Crippen molar-refractivity contribution in [3.63, 3.8) is 0 Å². The normalized spacial score (nSPS) is 11.8.